The maximum Gasteiger partial charge on any atom is 0.238 e. The van der Waals surface area contributed by atoms with Crippen molar-refractivity contribution in [3.63, 3.8) is 0 Å². The maximum absolute atomic E-state index is 15.3. The van der Waals surface area contributed by atoms with E-state index in [4.69, 9.17) is 16.7 Å². The van der Waals surface area contributed by atoms with Crippen molar-refractivity contribution < 1.29 is 17.6 Å². The SMILES string of the molecule is CC(C)N(C)C(C)c1ccc(N2CCC(c3c(S(N)(=O)=O)ccc4cc(Cl)ccc34)C2=O)c(F)c1. The van der Waals surface area contributed by atoms with Gasteiger partial charge in [-0.2, -0.15) is 0 Å². The van der Waals surface area contributed by atoms with Crippen LogP contribution in [0.25, 0.3) is 10.8 Å². The van der Waals surface area contributed by atoms with Gasteiger partial charge >= 0.3 is 0 Å². The molecule has 9 heteroatoms. The largest absolute Gasteiger partial charge is 0.309 e. The van der Waals surface area contributed by atoms with Gasteiger partial charge in [-0.3, -0.25) is 9.69 Å². The highest BCUT2D eigenvalue weighted by atomic mass is 35.5. The van der Waals surface area contributed by atoms with E-state index in [1.165, 1.54) is 17.0 Å². The van der Waals surface area contributed by atoms with Crippen LogP contribution in [0.3, 0.4) is 0 Å². The van der Waals surface area contributed by atoms with Gasteiger partial charge in [0.1, 0.15) is 5.82 Å². The normalized spacial score (nSPS) is 17.7. The van der Waals surface area contributed by atoms with Crippen LogP contribution < -0.4 is 10.0 Å². The monoisotopic (exact) mass is 517 g/mol. The summed E-state index contributed by atoms with van der Waals surface area (Å²) < 4.78 is 40.1. The molecule has 2 unspecified atom stereocenters. The summed E-state index contributed by atoms with van der Waals surface area (Å²) in [6.07, 6.45) is 0.330. The molecule has 1 aliphatic rings. The Kier molecular flexibility index (Phi) is 6.94. The third-order valence-corrected chi connectivity index (χ3v) is 8.22. The highest BCUT2D eigenvalue weighted by Gasteiger charge is 2.38. The first-order valence-corrected chi connectivity index (χ1v) is 13.4. The van der Waals surface area contributed by atoms with Crippen LogP contribution in [0.5, 0.6) is 0 Å². The summed E-state index contributed by atoms with van der Waals surface area (Å²) in [5.41, 5.74) is 1.33. The summed E-state index contributed by atoms with van der Waals surface area (Å²) >= 11 is 6.12. The van der Waals surface area contributed by atoms with Crippen molar-refractivity contribution in [2.75, 3.05) is 18.5 Å². The highest BCUT2D eigenvalue weighted by Crippen LogP contribution is 2.40. The lowest BCUT2D eigenvalue weighted by molar-refractivity contribution is -0.118. The zero-order valence-corrected chi connectivity index (χ0v) is 21.7. The molecule has 6 nitrogen and oxygen atoms in total. The first kappa shape index (κ1) is 25.6. The number of primary sulfonamides is 1. The van der Waals surface area contributed by atoms with Crippen LogP contribution in [0, 0.1) is 5.82 Å². The van der Waals surface area contributed by atoms with Gasteiger partial charge < -0.3 is 4.90 Å². The Morgan fingerprint density at radius 1 is 1.11 bits per heavy atom. The number of benzene rings is 3. The second kappa shape index (κ2) is 9.50. The van der Waals surface area contributed by atoms with E-state index in [2.05, 4.69) is 18.7 Å². The number of amides is 1. The van der Waals surface area contributed by atoms with Crippen molar-refractivity contribution in [3.8, 4) is 0 Å². The van der Waals surface area contributed by atoms with Crippen molar-refractivity contribution in [1.82, 2.24) is 4.90 Å². The van der Waals surface area contributed by atoms with Crippen LogP contribution in [-0.4, -0.2) is 38.9 Å². The number of nitrogens with zero attached hydrogens (tertiary/aromatic N) is 2. The Morgan fingerprint density at radius 3 is 2.46 bits per heavy atom. The fourth-order valence-corrected chi connectivity index (χ4v) is 5.78. The Bertz CT molecular complexity index is 1410. The Balaban J connectivity index is 1.73. The molecule has 0 aliphatic carbocycles. The number of nitrogens with two attached hydrogens (primary N) is 1. The molecule has 1 aliphatic heterocycles. The van der Waals surface area contributed by atoms with Gasteiger partial charge in [0.25, 0.3) is 0 Å². The summed E-state index contributed by atoms with van der Waals surface area (Å²) in [7, 11) is -2.12. The van der Waals surface area contributed by atoms with Gasteiger partial charge in [-0.15, -0.1) is 0 Å². The van der Waals surface area contributed by atoms with E-state index in [-0.39, 0.29) is 35.1 Å². The topological polar surface area (TPSA) is 83.7 Å². The van der Waals surface area contributed by atoms with Crippen molar-refractivity contribution in [1.29, 1.82) is 0 Å². The molecule has 0 saturated carbocycles. The van der Waals surface area contributed by atoms with E-state index >= 15 is 4.39 Å². The number of hydrogen-bond acceptors (Lipinski definition) is 4. The van der Waals surface area contributed by atoms with Crippen molar-refractivity contribution >= 4 is 44.0 Å². The first-order chi connectivity index (χ1) is 16.4. The molecule has 1 fully saturated rings. The maximum atomic E-state index is 15.3. The minimum Gasteiger partial charge on any atom is -0.309 e. The molecule has 4 rings (SSSR count). The molecule has 35 heavy (non-hydrogen) atoms. The van der Waals surface area contributed by atoms with Gasteiger partial charge in [0, 0.05) is 23.7 Å². The molecule has 1 heterocycles. The Morgan fingerprint density at radius 2 is 1.83 bits per heavy atom. The summed E-state index contributed by atoms with van der Waals surface area (Å²) in [6, 6.07) is 13.3. The van der Waals surface area contributed by atoms with Crippen molar-refractivity contribution in [2.45, 2.75) is 50.1 Å². The summed E-state index contributed by atoms with van der Waals surface area (Å²) in [5, 5.41) is 7.29. The second-order valence-corrected chi connectivity index (χ2v) is 11.3. The lowest BCUT2D eigenvalue weighted by Gasteiger charge is -2.29. The van der Waals surface area contributed by atoms with Crippen LogP contribution in [0.15, 0.2) is 53.4 Å². The van der Waals surface area contributed by atoms with E-state index in [9.17, 15) is 13.2 Å². The fourth-order valence-electron chi connectivity index (χ4n) is 4.78. The van der Waals surface area contributed by atoms with E-state index < -0.39 is 21.8 Å². The molecule has 2 N–H and O–H groups in total. The van der Waals surface area contributed by atoms with E-state index in [0.29, 0.717) is 27.8 Å². The molecule has 2 atom stereocenters. The number of rotatable bonds is 6. The van der Waals surface area contributed by atoms with Crippen LogP contribution >= 0.6 is 11.6 Å². The van der Waals surface area contributed by atoms with Gasteiger partial charge in [0.15, 0.2) is 0 Å². The van der Waals surface area contributed by atoms with Gasteiger partial charge in [0.2, 0.25) is 15.9 Å². The number of carbonyl (C=O) groups is 1. The molecule has 1 saturated heterocycles. The summed E-state index contributed by atoms with van der Waals surface area (Å²) in [5.74, 6) is -1.63. The Labute approximate surface area is 210 Å². The third-order valence-electron chi connectivity index (χ3n) is 7.01. The van der Waals surface area contributed by atoms with Gasteiger partial charge in [-0.05, 0) is 86.5 Å². The smallest absolute Gasteiger partial charge is 0.238 e. The minimum absolute atomic E-state index is 0.000374. The average molecular weight is 518 g/mol. The molecule has 0 aromatic heterocycles. The van der Waals surface area contributed by atoms with Crippen molar-refractivity contribution in [2.24, 2.45) is 5.14 Å². The fraction of sp³-hybridized carbons (Fsp3) is 0.346. The lowest BCUT2D eigenvalue weighted by atomic mass is 9.92. The van der Waals surface area contributed by atoms with E-state index in [1.807, 2.05) is 20.0 Å². The van der Waals surface area contributed by atoms with E-state index in [1.54, 1.807) is 30.3 Å². The zero-order chi connectivity index (χ0) is 25.7. The summed E-state index contributed by atoms with van der Waals surface area (Å²) in [4.78, 5) is 17.0. The molecule has 186 valence electrons. The minimum atomic E-state index is -4.10. The van der Waals surface area contributed by atoms with Crippen LogP contribution in [-0.2, 0) is 14.8 Å². The zero-order valence-electron chi connectivity index (χ0n) is 20.1. The molecule has 0 spiro atoms. The average Bonchev–Trinajstić information content (AvgIpc) is 3.16. The number of halogens is 2. The van der Waals surface area contributed by atoms with Crippen LogP contribution in [0.2, 0.25) is 5.02 Å². The number of sulfonamides is 1. The lowest BCUT2D eigenvalue weighted by Crippen LogP contribution is -2.30. The second-order valence-electron chi connectivity index (χ2n) is 9.37. The number of carbonyl (C=O) groups excluding carboxylic acids is 1. The number of anilines is 1. The number of hydrogen-bond donors (Lipinski definition) is 1. The molecule has 1 amide bonds. The van der Waals surface area contributed by atoms with Gasteiger partial charge in [0.05, 0.1) is 16.5 Å². The number of fused-ring (bicyclic) bond motifs is 1. The van der Waals surface area contributed by atoms with Crippen LogP contribution in [0.4, 0.5) is 10.1 Å². The predicted molar refractivity (Wildman–Crippen MR) is 138 cm³/mol. The Hall–Kier alpha value is -2.52. The van der Waals surface area contributed by atoms with E-state index in [0.717, 1.165) is 5.56 Å². The van der Waals surface area contributed by atoms with Crippen molar-refractivity contribution in [3.05, 3.63) is 70.5 Å². The standard InChI is InChI=1S/C26H29ClFN3O3S/c1-15(2)30(4)16(3)17-5-9-23(22(28)14-17)31-12-11-21(26(31)32)25-20-8-7-19(27)13-18(20)6-10-24(25)35(29,33)34/h5-10,13-16,21H,11-12H2,1-4H3,(H2,29,33,34). The quantitative estimate of drug-likeness (QED) is 0.487. The first-order valence-electron chi connectivity index (χ1n) is 11.5. The van der Waals surface area contributed by atoms with Crippen LogP contribution in [0.1, 0.15) is 50.3 Å². The summed E-state index contributed by atoms with van der Waals surface area (Å²) in [6.45, 7) is 6.41. The predicted octanol–water partition coefficient (Wildman–Crippen LogP) is 5.20. The molecular weight excluding hydrogens is 489 g/mol. The third kappa shape index (κ3) is 4.80. The van der Waals surface area contributed by atoms with Gasteiger partial charge in [-0.25, -0.2) is 17.9 Å². The highest BCUT2D eigenvalue weighted by molar-refractivity contribution is 7.89. The molecular formula is C26H29ClFN3O3S. The molecule has 3 aromatic rings. The molecule has 0 radical (unpaired) electrons. The molecule has 3 aromatic carbocycles. The van der Waals surface area contributed by atoms with Gasteiger partial charge in [-0.1, -0.05) is 29.8 Å². The molecule has 0 bridgehead atoms.